The summed E-state index contributed by atoms with van der Waals surface area (Å²) < 4.78 is 27.2. The van der Waals surface area contributed by atoms with Gasteiger partial charge in [0.15, 0.2) is 0 Å². The molecule has 8 heteroatoms. The number of aromatic nitrogens is 2. The van der Waals surface area contributed by atoms with Crippen LogP contribution < -0.4 is 16.2 Å². The number of nitrogens with one attached hydrogen (secondary N) is 2. The van der Waals surface area contributed by atoms with Crippen molar-refractivity contribution in [3.8, 4) is 0 Å². The molecule has 21 heavy (non-hydrogen) atoms. The van der Waals surface area contributed by atoms with Gasteiger partial charge in [-0.3, -0.25) is 4.79 Å². The largest absolute Gasteiger partial charge is 0.336 e. The van der Waals surface area contributed by atoms with Crippen molar-refractivity contribution in [3.05, 3.63) is 58.5 Å². The van der Waals surface area contributed by atoms with Crippen molar-refractivity contribution in [1.29, 1.82) is 0 Å². The highest BCUT2D eigenvalue weighted by molar-refractivity contribution is 5.89. The first kappa shape index (κ1) is 14.6. The van der Waals surface area contributed by atoms with Crippen molar-refractivity contribution >= 4 is 11.7 Å². The van der Waals surface area contributed by atoms with E-state index in [0.29, 0.717) is 6.07 Å². The zero-order chi connectivity index (χ0) is 15.2. The van der Waals surface area contributed by atoms with Crippen LogP contribution in [-0.4, -0.2) is 22.4 Å². The zero-order valence-corrected chi connectivity index (χ0v) is 10.8. The molecule has 0 fully saturated rings. The van der Waals surface area contributed by atoms with E-state index in [-0.39, 0.29) is 24.3 Å². The summed E-state index contributed by atoms with van der Waals surface area (Å²) in [5.74, 6) is -1.60. The van der Waals surface area contributed by atoms with Gasteiger partial charge in [-0.15, -0.1) is 0 Å². The monoisotopic (exact) mass is 294 g/mol. The maximum atomic E-state index is 13.3. The highest BCUT2D eigenvalue weighted by Crippen LogP contribution is 2.14. The van der Waals surface area contributed by atoms with Crippen molar-refractivity contribution < 1.29 is 13.6 Å². The first-order chi connectivity index (χ1) is 10.1. The first-order valence-electron chi connectivity index (χ1n) is 6.08. The summed E-state index contributed by atoms with van der Waals surface area (Å²) >= 11 is 0. The Balaban J connectivity index is 1.85. The van der Waals surface area contributed by atoms with Gasteiger partial charge >= 0.3 is 6.03 Å². The number of hydrogen-bond acceptors (Lipinski definition) is 3. The number of carbonyl (C=O) groups excluding carboxylic acids is 1. The van der Waals surface area contributed by atoms with E-state index in [1.165, 1.54) is 23.0 Å². The van der Waals surface area contributed by atoms with Crippen LogP contribution in [-0.2, 0) is 6.54 Å². The topological polar surface area (TPSA) is 76.0 Å². The second kappa shape index (κ2) is 6.60. The lowest BCUT2D eigenvalue weighted by Gasteiger charge is -2.09. The quantitative estimate of drug-likeness (QED) is 0.893. The zero-order valence-electron chi connectivity index (χ0n) is 10.8. The minimum absolute atomic E-state index is 0.131. The Morgan fingerprint density at radius 3 is 2.81 bits per heavy atom. The maximum Gasteiger partial charge on any atom is 0.319 e. The molecule has 2 aromatic rings. The fourth-order valence-electron chi connectivity index (χ4n) is 1.59. The first-order valence-corrected chi connectivity index (χ1v) is 6.08. The molecule has 6 nitrogen and oxygen atoms in total. The predicted molar refractivity (Wildman–Crippen MR) is 71.9 cm³/mol. The number of benzene rings is 1. The lowest BCUT2D eigenvalue weighted by Crippen LogP contribution is -2.34. The number of hydrogen-bond donors (Lipinski definition) is 2. The van der Waals surface area contributed by atoms with Crippen LogP contribution in [0.1, 0.15) is 0 Å². The Bertz CT molecular complexity index is 703. The summed E-state index contributed by atoms with van der Waals surface area (Å²) in [6.45, 7) is 0.310. The van der Waals surface area contributed by atoms with Crippen LogP contribution in [0.4, 0.5) is 19.3 Å². The number of anilines is 1. The minimum atomic E-state index is -0.869. The molecule has 0 radical (unpaired) electrons. The molecule has 0 atom stereocenters. The van der Waals surface area contributed by atoms with E-state index < -0.39 is 17.7 Å². The molecule has 0 spiro atoms. The van der Waals surface area contributed by atoms with Gasteiger partial charge in [-0.1, -0.05) is 0 Å². The number of urea groups is 1. The van der Waals surface area contributed by atoms with Gasteiger partial charge in [0.05, 0.1) is 12.2 Å². The second-order valence-electron chi connectivity index (χ2n) is 4.09. The highest BCUT2D eigenvalue weighted by Gasteiger charge is 2.07. The molecule has 0 aliphatic carbocycles. The smallest absolute Gasteiger partial charge is 0.319 e. The molecule has 0 aliphatic rings. The van der Waals surface area contributed by atoms with Crippen molar-refractivity contribution in [2.45, 2.75) is 6.54 Å². The average Bonchev–Trinajstić information content (AvgIpc) is 2.44. The minimum Gasteiger partial charge on any atom is -0.336 e. The summed E-state index contributed by atoms with van der Waals surface area (Å²) in [5, 5.41) is 8.49. The Morgan fingerprint density at radius 2 is 2.10 bits per heavy atom. The Kier molecular flexibility index (Phi) is 4.60. The lowest BCUT2D eigenvalue weighted by atomic mass is 10.3. The van der Waals surface area contributed by atoms with Gasteiger partial charge in [0.1, 0.15) is 11.6 Å². The molecule has 2 amide bonds. The third kappa shape index (κ3) is 4.10. The van der Waals surface area contributed by atoms with Crippen molar-refractivity contribution in [2.75, 3.05) is 11.9 Å². The summed E-state index contributed by atoms with van der Waals surface area (Å²) in [5.41, 5.74) is -0.423. The van der Waals surface area contributed by atoms with Gasteiger partial charge in [-0.05, 0) is 18.2 Å². The summed E-state index contributed by atoms with van der Waals surface area (Å²) in [6, 6.07) is 5.02. The van der Waals surface area contributed by atoms with Crippen LogP contribution in [0.5, 0.6) is 0 Å². The van der Waals surface area contributed by atoms with E-state index in [0.717, 1.165) is 12.1 Å². The van der Waals surface area contributed by atoms with E-state index >= 15 is 0 Å². The van der Waals surface area contributed by atoms with E-state index in [9.17, 15) is 18.4 Å². The molecule has 2 N–H and O–H groups in total. The number of amides is 2. The van der Waals surface area contributed by atoms with Gasteiger partial charge in [-0.25, -0.2) is 18.3 Å². The van der Waals surface area contributed by atoms with Gasteiger partial charge in [0.2, 0.25) is 0 Å². The molecule has 1 aromatic heterocycles. The number of carbonyl (C=O) groups is 1. The molecule has 0 saturated heterocycles. The van der Waals surface area contributed by atoms with E-state index in [1.807, 2.05) is 0 Å². The maximum absolute atomic E-state index is 13.3. The van der Waals surface area contributed by atoms with Crippen LogP contribution in [0.2, 0.25) is 0 Å². The molecule has 1 heterocycles. The van der Waals surface area contributed by atoms with Gasteiger partial charge < -0.3 is 10.6 Å². The molecule has 2 rings (SSSR count). The average molecular weight is 294 g/mol. The fraction of sp³-hybridized carbons (Fsp3) is 0.154. The molecule has 0 bridgehead atoms. The van der Waals surface area contributed by atoms with Crippen molar-refractivity contribution in [3.63, 3.8) is 0 Å². The van der Waals surface area contributed by atoms with Gasteiger partial charge in [-0.2, -0.15) is 5.10 Å². The van der Waals surface area contributed by atoms with Gasteiger partial charge in [0, 0.05) is 24.9 Å². The summed E-state index contributed by atoms with van der Waals surface area (Å²) in [6.07, 6.45) is 1.45. The molecule has 0 unspecified atom stereocenters. The SMILES string of the molecule is O=C(NCCn1ncccc1=O)Nc1ccc(F)cc1F. The van der Waals surface area contributed by atoms with Crippen LogP contribution in [0.3, 0.4) is 0 Å². The molecule has 0 aliphatic heterocycles. The van der Waals surface area contributed by atoms with Crippen molar-refractivity contribution in [1.82, 2.24) is 15.1 Å². The Morgan fingerprint density at radius 1 is 1.29 bits per heavy atom. The third-order valence-electron chi connectivity index (χ3n) is 2.57. The van der Waals surface area contributed by atoms with Gasteiger partial charge in [0.25, 0.3) is 5.56 Å². The molecular weight excluding hydrogens is 282 g/mol. The number of halogens is 2. The van der Waals surface area contributed by atoms with Crippen LogP contribution in [0.15, 0.2) is 41.3 Å². The molecule has 110 valence electrons. The number of nitrogens with zero attached hydrogens (tertiary/aromatic N) is 2. The molecule has 0 saturated carbocycles. The van der Waals surface area contributed by atoms with Crippen LogP contribution >= 0.6 is 0 Å². The van der Waals surface area contributed by atoms with E-state index in [1.54, 1.807) is 0 Å². The lowest BCUT2D eigenvalue weighted by molar-refractivity contribution is 0.251. The highest BCUT2D eigenvalue weighted by atomic mass is 19.1. The Labute approximate surface area is 118 Å². The van der Waals surface area contributed by atoms with Crippen LogP contribution in [0.25, 0.3) is 0 Å². The predicted octanol–water partition coefficient (Wildman–Crippen LogP) is 1.34. The standard InChI is InChI=1S/C13H12F2N4O2/c14-9-3-4-11(10(15)8-9)18-13(21)16-6-7-19-12(20)2-1-5-17-19/h1-5,8H,6-7H2,(H2,16,18,21). The fourth-order valence-corrected chi connectivity index (χ4v) is 1.59. The van der Waals surface area contributed by atoms with E-state index in [2.05, 4.69) is 15.7 Å². The summed E-state index contributed by atoms with van der Waals surface area (Å²) in [7, 11) is 0. The molecular formula is C13H12F2N4O2. The summed E-state index contributed by atoms with van der Waals surface area (Å²) in [4.78, 5) is 22.9. The molecule has 1 aromatic carbocycles. The van der Waals surface area contributed by atoms with E-state index in [4.69, 9.17) is 0 Å². The van der Waals surface area contributed by atoms with Crippen LogP contribution in [0, 0.1) is 11.6 Å². The second-order valence-corrected chi connectivity index (χ2v) is 4.09. The van der Waals surface area contributed by atoms with Crippen molar-refractivity contribution in [2.24, 2.45) is 0 Å². The third-order valence-corrected chi connectivity index (χ3v) is 2.57. The number of rotatable bonds is 4. The normalized spacial score (nSPS) is 10.2. The Hall–Kier alpha value is -2.77.